The molecule has 154 valence electrons. The number of amides is 1. The van der Waals surface area contributed by atoms with Crippen molar-refractivity contribution in [1.82, 2.24) is 20.4 Å². The third-order valence-corrected chi connectivity index (χ3v) is 4.27. The summed E-state index contributed by atoms with van der Waals surface area (Å²) in [6.45, 7) is 12.9. The Labute approximate surface area is 176 Å². The van der Waals surface area contributed by atoms with Crippen molar-refractivity contribution in [3.05, 3.63) is 0 Å². The van der Waals surface area contributed by atoms with E-state index in [4.69, 9.17) is 4.74 Å². The van der Waals surface area contributed by atoms with Gasteiger partial charge in [-0.3, -0.25) is 14.7 Å². The number of carbonyl (C=O) groups excluding carboxylic acids is 1. The smallest absolute Gasteiger partial charge is 0.234 e. The molecule has 1 saturated heterocycles. The highest BCUT2D eigenvalue weighted by Gasteiger charge is 2.21. The van der Waals surface area contributed by atoms with Crippen LogP contribution in [0.3, 0.4) is 0 Å². The fraction of sp³-hybridized carbons (Fsp3) is 0.889. The molecular formula is C18H38IN5O2. The van der Waals surface area contributed by atoms with Gasteiger partial charge in [-0.15, -0.1) is 24.0 Å². The van der Waals surface area contributed by atoms with Gasteiger partial charge in [-0.25, -0.2) is 0 Å². The van der Waals surface area contributed by atoms with E-state index in [2.05, 4.69) is 46.2 Å². The molecule has 7 nitrogen and oxygen atoms in total. The number of halogens is 1. The molecule has 0 radical (unpaired) electrons. The molecule has 1 aliphatic heterocycles. The number of rotatable bonds is 8. The largest absolute Gasteiger partial charge is 0.383 e. The Bertz CT molecular complexity index is 418. The van der Waals surface area contributed by atoms with E-state index in [0.29, 0.717) is 25.1 Å². The van der Waals surface area contributed by atoms with E-state index in [0.717, 1.165) is 45.1 Å². The molecule has 0 bridgehead atoms. The first-order valence-electron chi connectivity index (χ1n) is 9.29. The van der Waals surface area contributed by atoms with E-state index in [1.165, 1.54) is 6.42 Å². The summed E-state index contributed by atoms with van der Waals surface area (Å²) >= 11 is 0. The molecule has 1 rings (SSSR count). The molecule has 1 amide bonds. The molecule has 0 atom stereocenters. The molecule has 1 fully saturated rings. The molecule has 26 heavy (non-hydrogen) atoms. The van der Waals surface area contributed by atoms with Gasteiger partial charge in [0.15, 0.2) is 5.96 Å². The van der Waals surface area contributed by atoms with Crippen LogP contribution in [0.1, 0.15) is 33.6 Å². The molecule has 8 heteroatoms. The number of guanidine groups is 1. The molecule has 0 unspecified atom stereocenters. The van der Waals surface area contributed by atoms with Gasteiger partial charge in [-0.1, -0.05) is 20.8 Å². The highest BCUT2D eigenvalue weighted by molar-refractivity contribution is 14.0. The zero-order valence-corrected chi connectivity index (χ0v) is 19.5. The third kappa shape index (κ3) is 11.2. The minimum absolute atomic E-state index is 0. The normalized spacial score (nSPS) is 16.2. The summed E-state index contributed by atoms with van der Waals surface area (Å²) in [5, 5.41) is 6.33. The van der Waals surface area contributed by atoms with E-state index in [-0.39, 0.29) is 29.9 Å². The van der Waals surface area contributed by atoms with E-state index >= 15 is 0 Å². The predicted molar refractivity (Wildman–Crippen MR) is 118 cm³/mol. The Kier molecular flexibility index (Phi) is 13.2. The molecular weight excluding hydrogens is 445 g/mol. The fourth-order valence-corrected chi connectivity index (χ4v) is 2.82. The predicted octanol–water partition coefficient (Wildman–Crippen LogP) is 1.39. The van der Waals surface area contributed by atoms with Crippen LogP contribution in [-0.2, 0) is 9.53 Å². The van der Waals surface area contributed by atoms with Crippen LogP contribution in [0.2, 0.25) is 0 Å². The van der Waals surface area contributed by atoms with Crippen LogP contribution in [0.25, 0.3) is 0 Å². The van der Waals surface area contributed by atoms with E-state index < -0.39 is 0 Å². The standard InChI is InChI=1S/C18H37N5O2.HI/c1-18(2,3)7-6-8-21-17(19-4)23-12-10-22(11-13-23)15-16(24)20-9-14-25-5;/h6-15H2,1-5H3,(H,19,21)(H,20,24);1H. The van der Waals surface area contributed by atoms with Gasteiger partial charge in [0.05, 0.1) is 13.2 Å². The second-order valence-electron chi connectivity index (χ2n) is 7.74. The van der Waals surface area contributed by atoms with Crippen molar-refractivity contribution >= 4 is 35.8 Å². The summed E-state index contributed by atoms with van der Waals surface area (Å²) in [6, 6.07) is 0. The summed E-state index contributed by atoms with van der Waals surface area (Å²) in [6.07, 6.45) is 2.34. The van der Waals surface area contributed by atoms with Crippen molar-refractivity contribution < 1.29 is 9.53 Å². The number of piperazine rings is 1. The molecule has 0 aliphatic carbocycles. The number of ether oxygens (including phenoxy) is 1. The Morgan fingerprint density at radius 1 is 1.12 bits per heavy atom. The summed E-state index contributed by atoms with van der Waals surface area (Å²) < 4.78 is 4.94. The highest BCUT2D eigenvalue weighted by Crippen LogP contribution is 2.19. The average Bonchev–Trinajstić information content (AvgIpc) is 2.55. The van der Waals surface area contributed by atoms with Crippen LogP contribution in [0, 0.1) is 5.41 Å². The van der Waals surface area contributed by atoms with Gasteiger partial charge in [-0.2, -0.15) is 0 Å². The second kappa shape index (κ2) is 13.5. The van der Waals surface area contributed by atoms with Crippen LogP contribution >= 0.6 is 24.0 Å². The minimum Gasteiger partial charge on any atom is -0.383 e. The lowest BCUT2D eigenvalue weighted by Gasteiger charge is -2.36. The van der Waals surface area contributed by atoms with Crippen LogP contribution in [0.15, 0.2) is 4.99 Å². The number of carbonyl (C=O) groups is 1. The van der Waals surface area contributed by atoms with Crippen LogP contribution in [0.4, 0.5) is 0 Å². The highest BCUT2D eigenvalue weighted by atomic mass is 127. The van der Waals surface area contributed by atoms with E-state index in [9.17, 15) is 4.79 Å². The molecule has 0 spiro atoms. The maximum atomic E-state index is 11.9. The molecule has 2 N–H and O–H groups in total. The van der Waals surface area contributed by atoms with E-state index in [1.54, 1.807) is 7.11 Å². The van der Waals surface area contributed by atoms with Gasteiger partial charge in [0.25, 0.3) is 0 Å². The number of hydrogen-bond donors (Lipinski definition) is 2. The second-order valence-corrected chi connectivity index (χ2v) is 7.74. The molecule has 0 aromatic rings. The van der Waals surface area contributed by atoms with Crippen molar-refractivity contribution in [2.45, 2.75) is 33.6 Å². The van der Waals surface area contributed by atoms with Gasteiger partial charge in [0.2, 0.25) is 5.91 Å². The van der Waals surface area contributed by atoms with Gasteiger partial charge in [0, 0.05) is 53.4 Å². The van der Waals surface area contributed by atoms with Gasteiger partial charge >= 0.3 is 0 Å². The lowest BCUT2D eigenvalue weighted by molar-refractivity contribution is -0.122. The summed E-state index contributed by atoms with van der Waals surface area (Å²) in [7, 11) is 3.47. The maximum absolute atomic E-state index is 11.9. The first-order chi connectivity index (χ1) is 11.9. The third-order valence-electron chi connectivity index (χ3n) is 4.27. The quantitative estimate of drug-likeness (QED) is 0.236. The van der Waals surface area contributed by atoms with Crippen LogP contribution in [-0.4, -0.2) is 88.2 Å². The fourth-order valence-electron chi connectivity index (χ4n) is 2.82. The zero-order valence-electron chi connectivity index (χ0n) is 17.1. The molecule has 0 saturated carbocycles. The molecule has 0 aromatic heterocycles. The first kappa shape index (κ1) is 25.4. The van der Waals surface area contributed by atoms with Crippen molar-refractivity contribution in [2.75, 3.05) is 66.6 Å². The lowest BCUT2D eigenvalue weighted by atomic mass is 9.91. The number of nitrogens with one attached hydrogen (secondary N) is 2. The SMILES string of the molecule is CN=C(NCCCC(C)(C)C)N1CCN(CC(=O)NCCOC)CC1.I. The van der Waals surface area contributed by atoms with E-state index in [1.807, 2.05) is 7.05 Å². The van der Waals surface area contributed by atoms with Crippen molar-refractivity contribution in [3.8, 4) is 0 Å². The Morgan fingerprint density at radius 3 is 2.31 bits per heavy atom. The van der Waals surface area contributed by atoms with Crippen molar-refractivity contribution in [1.29, 1.82) is 0 Å². The number of hydrogen-bond acceptors (Lipinski definition) is 4. The van der Waals surface area contributed by atoms with Crippen molar-refractivity contribution in [3.63, 3.8) is 0 Å². The maximum Gasteiger partial charge on any atom is 0.234 e. The van der Waals surface area contributed by atoms with Crippen LogP contribution in [0.5, 0.6) is 0 Å². The van der Waals surface area contributed by atoms with Gasteiger partial charge < -0.3 is 20.3 Å². The zero-order chi connectivity index (χ0) is 18.7. The summed E-state index contributed by atoms with van der Waals surface area (Å²) in [4.78, 5) is 20.7. The van der Waals surface area contributed by atoms with Crippen molar-refractivity contribution in [2.24, 2.45) is 10.4 Å². The lowest BCUT2D eigenvalue weighted by Crippen LogP contribution is -2.54. The number of methoxy groups -OCH3 is 1. The Hall–Kier alpha value is -0.610. The molecule has 1 heterocycles. The summed E-state index contributed by atoms with van der Waals surface area (Å²) in [5.41, 5.74) is 0.376. The monoisotopic (exact) mass is 483 g/mol. The van der Waals surface area contributed by atoms with Gasteiger partial charge in [0.1, 0.15) is 0 Å². The molecule has 0 aromatic carbocycles. The number of nitrogens with zero attached hydrogens (tertiary/aromatic N) is 3. The number of aliphatic imine (C=N–C) groups is 1. The average molecular weight is 483 g/mol. The first-order valence-corrected chi connectivity index (χ1v) is 9.29. The minimum atomic E-state index is 0. The van der Waals surface area contributed by atoms with Crippen LogP contribution < -0.4 is 10.6 Å². The van der Waals surface area contributed by atoms with Gasteiger partial charge in [-0.05, 0) is 18.3 Å². The topological polar surface area (TPSA) is 69.2 Å². The summed E-state index contributed by atoms with van der Waals surface area (Å²) in [5.74, 6) is 1.04. The molecule has 1 aliphatic rings. The Balaban J connectivity index is 0.00000625. The Morgan fingerprint density at radius 2 is 1.77 bits per heavy atom.